The zero-order valence-corrected chi connectivity index (χ0v) is 9.57. The molecule has 1 aliphatic heterocycles. The molecule has 15 heavy (non-hydrogen) atoms. The lowest BCUT2D eigenvalue weighted by atomic mass is 9.77. The molecule has 0 spiro atoms. The Labute approximate surface area is 91.1 Å². The molecule has 1 heterocycles. The van der Waals surface area contributed by atoms with Crippen LogP contribution in [0.5, 0.6) is 0 Å². The molecule has 0 amide bonds. The third-order valence-electron chi connectivity index (χ3n) is 4.11. The topological polar surface area (TPSA) is 35.5 Å². The summed E-state index contributed by atoms with van der Waals surface area (Å²) in [5, 5.41) is 0. The molecule has 0 aromatic carbocycles. The summed E-state index contributed by atoms with van der Waals surface area (Å²) >= 11 is 0. The van der Waals surface area contributed by atoms with E-state index in [0.29, 0.717) is 12.3 Å². The van der Waals surface area contributed by atoms with Gasteiger partial charge in [0.1, 0.15) is 0 Å². The van der Waals surface area contributed by atoms with Crippen molar-refractivity contribution in [3.05, 3.63) is 0 Å². The van der Waals surface area contributed by atoms with Crippen LogP contribution in [0.25, 0.3) is 0 Å². The third-order valence-corrected chi connectivity index (χ3v) is 4.11. The SMILES string of the molecule is COC.O=C1CC2C3CCC(C3)C2CO1. The average Bonchev–Trinajstić information content (AvgIpc) is 2.79. The first-order chi connectivity index (χ1) is 7.26. The normalized spacial score (nSPS) is 41.6. The number of hydrogen-bond donors (Lipinski definition) is 0. The van der Waals surface area contributed by atoms with Crippen molar-refractivity contribution in [1.29, 1.82) is 0 Å². The average molecular weight is 212 g/mol. The van der Waals surface area contributed by atoms with Crippen molar-refractivity contribution in [2.24, 2.45) is 23.7 Å². The maximum Gasteiger partial charge on any atom is 0.306 e. The minimum atomic E-state index is 0.0452. The molecule has 2 saturated carbocycles. The lowest BCUT2D eigenvalue weighted by Crippen LogP contribution is -2.34. The Bertz CT molecular complexity index is 239. The van der Waals surface area contributed by atoms with Gasteiger partial charge in [0.2, 0.25) is 0 Å². The van der Waals surface area contributed by atoms with Crippen molar-refractivity contribution < 1.29 is 14.3 Å². The lowest BCUT2D eigenvalue weighted by Gasteiger charge is -2.33. The van der Waals surface area contributed by atoms with Crippen LogP contribution in [0.3, 0.4) is 0 Å². The van der Waals surface area contributed by atoms with Crippen molar-refractivity contribution in [2.75, 3.05) is 20.8 Å². The van der Waals surface area contributed by atoms with E-state index < -0.39 is 0 Å². The Kier molecular flexibility index (Phi) is 3.29. The smallest absolute Gasteiger partial charge is 0.306 e. The summed E-state index contributed by atoms with van der Waals surface area (Å²) < 4.78 is 9.36. The minimum absolute atomic E-state index is 0.0452. The standard InChI is InChI=1S/C10H14O2.C2H6O/c11-10-4-8-6-1-2-7(3-6)9(8)5-12-10;1-3-2/h6-9H,1-5H2;1-2H3. The van der Waals surface area contributed by atoms with Gasteiger partial charge < -0.3 is 9.47 Å². The predicted molar refractivity (Wildman–Crippen MR) is 56.3 cm³/mol. The van der Waals surface area contributed by atoms with Crippen LogP contribution >= 0.6 is 0 Å². The molecule has 3 fully saturated rings. The molecule has 4 atom stereocenters. The van der Waals surface area contributed by atoms with Crippen LogP contribution in [0.15, 0.2) is 0 Å². The number of esters is 1. The Morgan fingerprint density at radius 3 is 2.47 bits per heavy atom. The van der Waals surface area contributed by atoms with Gasteiger partial charge in [-0.05, 0) is 42.9 Å². The number of cyclic esters (lactones) is 1. The zero-order valence-electron chi connectivity index (χ0n) is 9.57. The van der Waals surface area contributed by atoms with E-state index in [1.807, 2.05) is 0 Å². The van der Waals surface area contributed by atoms with Crippen molar-refractivity contribution in [3.8, 4) is 0 Å². The first-order valence-electron chi connectivity index (χ1n) is 5.82. The van der Waals surface area contributed by atoms with Crippen molar-refractivity contribution in [2.45, 2.75) is 25.7 Å². The van der Waals surface area contributed by atoms with E-state index in [-0.39, 0.29) is 5.97 Å². The number of rotatable bonds is 0. The molecule has 86 valence electrons. The van der Waals surface area contributed by atoms with Crippen LogP contribution in [0.2, 0.25) is 0 Å². The molecule has 4 unspecified atom stereocenters. The highest BCUT2D eigenvalue weighted by Crippen LogP contribution is 2.54. The second-order valence-corrected chi connectivity index (χ2v) is 4.96. The van der Waals surface area contributed by atoms with E-state index in [1.54, 1.807) is 14.2 Å². The van der Waals surface area contributed by atoms with Gasteiger partial charge in [-0.1, -0.05) is 0 Å². The molecule has 0 aromatic rings. The number of fused-ring (bicyclic) bond motifs is 5. The second-order valence-electron chi connectivity index (χ2n) is 4.96. The largest absolute Gasteiger partial charge is 0.465 e. The van der Waals surface area contributed by atoms with E-state index in [0.717, 1.165) is 24.4 Å². The first-order valence-corrected chi connectivity index (χ1v) is 5.82. The monoisotopic (exact) mass is 212 g/mol. The van der Waals surface area contributed by atoms with Crippen LogP contribution in [0.4, 0.5) is 0 Å². The molecule has 3 nitrogen and oxygen atoms in total. The fourth-order valence-corrected chi connectivity index (χ4v) is 3.55. The molecule has 2 bridgehead atoms. The molecule has 2 aliphatic carbocycles. The third kappa shape index (κ3) is 2.03. The van der Waals surface area contributed by atoms with E-state index in [1.165, 1.54) is 19.3 Å². The summed E-state index contributed by atoms with van der Waals surface area (Å²) in [6.07, 6.45) is 4.86. The second kappa shape index (κ2) is 4.52. The van der Waals surface area contributed by atoms with Crippen molar-refractivity contribution >= 4 is 5.97 Å². The number of carbonyl (C=O) groups is 1. The molecular weight excluding hydrogens is 192 g/mol. The first kappa shape index (κ1) is 10.9. The molecule has 0 N–H and O–H groups in total. The summed E-state index contributed by atoms with van der Waals surface area (Å²) in [4.78, 5) is 11.1. The fourth-order valence-electron chi connectivity index (χ4n) is 3.55. The maximum atomic E-state index is 11.1. The van der Waals surface area contributed by atoms with Gasteiger partial charge >= 0.3 is 5.97 Å². The quantitative estimate of drug-likeness (QED) is 0.575. The highest BCUT2D eigenvalue weighted by atomic mass is 16.5. The van der Waals surface area contributed by atoms with Gasteiger partial charge in [0.05, 0.1) is 6.61 Å². The molecule has 0 radical (unpaired) electrons. The van der Waals surface area contributed by atoms with Gasteiger partial charge in [0, 0.05) is 20.6 Å². The van der Waals surface area contributed by atoms with Gasteiger partial charge in [-0.15, -0.1) is 0 Å². The molecule has 1 saturated heterocycles. The van der Waals surface area contributed by atoms with Gasteiger partial charge in [0.25, 0.3) is 0 Å². The molecule has 3 rings (SSSR count). The molecule has 3 heteroatoms. The summed E-state index contributed by atoms with van der Waals surface area (Å²) in [5.41, 5.74) is 0. The van der Waals surface area contributed by atoms with Crippen LogP contribution in [0, 0.1) is 23.7 Å². The summed E-state index contributed by atoms with van der Waals surface area (Å²) in [6, 6.07) is 0. The Hall–Kier alpha value is -0.570. The van der Waals surface area contributed by atoms with Crippen LogP contribution in [-0.2, 0) is 14.3 Å². The van der Waals surface area contributed by atoms with E-state index in [2.05, 4.69) is 4.74 Å². The Morgan fingerprint density at radius 1 is 1.20 bits per heavy atom. The van der Waals surface area contributed by atoms with Gasteiger partial charge in [-0.2, -0.15) is 0 Å². The van der Waals surface area contributed by atoms with E-state index in [9.17, 15) is 4.79 Å². The molecule has 3 aliphatic rings. The number of ether oxygens (including phenoxy) is 2. The fraction of sp³-hybridized carbons (Fsp3) is 0.917. The van der Waals surface area contributed by atoms with Gasteiger partial charge in [0.15, 0.2) is 0 Å². The summed E-state index contributed by atoms with van der Waals surface area (Å²) in [6.45, 7) is 0.727. The Balaban J connectivity index is 0.000000258. The van der Waals surface area contributed by atoms with Crippen LogP contribution in [-0.4, -0.2) is 26.8 Å². The number of methoxy groups -OCH3 is 1. The molecule has 0 aromatic heterocycles. The summed E-state index contributed by atoms with van der Waals surface area (Å²) in [7, 11) is 3.25. The van der Waals surface area contributed by atoms with Crippen LogP contribution in [0.1, 0.15) is 25.7 Å². The highest BCUT2D eigenvalue weighted by Gasteiger charge is 2.50. The zero-order chi connectivity index (χ0) is 10.8. The summed E-state index contributed by atoms with van der Waals surface area (Å²) in [5.74, 6) is 3.25. The van der Waals surface area contributed by atoms with E-state index in [4.69, 9.17) is 4.74 Å². The number of carbonyl (C=O) groups excluding carboxylic acids is 1. The lowest BCUT2D eigenvalue weighted by molar-refractivity contribution is -0.154. The minimum Gasteiger partial charge on any atom is -0.465 e. The van der Waals surface area contributed by atoms with Crippen molar-refractivity contribution in [3.63, 3.8) is 0 Å². The maximum absolute atomic E-state index is 11.1. The van der Waals surface area contributed by atoms with Crippen molar-refractivity contribution in [1.82, 2.24) is 0 Å². The highest BCUT2D eigenvalue weighted by molar-refractivity contribution is 5.70. The van der Waals surface area contributed by atoms with Crippen LogP contribution < -0.4 is 0 Å². The van der Waals surface area contributed by atoms with Gasteiger partial charge in [-0.25, -0.2) is 0 Å². The van der Waals surface area contributed by atoms with Gasteiger partial charge in [-0.3, -0.25) is 4.79 Å². The predicted octanol–water partition coefficient (Wildman–Crippen LogP) is 1.86. The molecular formula is C12H20O3. The Morgan fingerprint density at radius 2 is 1.80 bits per heavy atom. The number of hydrogen-bond acceptors (Lipinski definition) is 3. The van der Waals surface area contributed by atoms with E-state index >= 15 is 0 Å².